The van der Waals surface area contributed by atoms with Gasteiger partial charge in [-0.05, 0) is 18.1 Å². The number of nitrogens with one attached hydrogen (secondary N) is 4. The third-order valence-electron chi connectivity index (χ3n) is 5.33. The molecule has 0 fully saturated rings. The predicted octanol–water partition coefficient (Wildman–Crippen LogP) is -3.68. The summed E-state index contributed by atoms with van der Waals surface area (Å²) in [4.78, 5) is 74.6. The van der Waals surface area contributed by atoms with E-state index in [9.17, 15) is 33.9 Å². The van der Waals surface area contributed by atoms with Gasteiger partial charge in [-0.1, -0.05) is 18.2 Å². The fourth-order valence-corrected chi connectivity index (χ4v) is 3.46. The molecule has 4 unspecified atom stereocenters. The number of H-pyrrole nitrogens is 1. The number of hydrogen-bond donors (Lipinski definition) is 9. The Balaban J connectivity index is 2.07. The molecule has 2 aromatic rings. The molecule has 1 heterocycles. The van der Waals surface area contributed by atoms with Crippen molar-refractivity contribution in [3.05, 3.63) is 36.0 Å². The normalized spacial score (nSPS) is 14.1. The second kappa shape index (κ2) is 13.0. The predicted molar refractivity (Wildman–Crippen MR) is 128 cm³/mol. The Labute approximate surface area is 210 Å². The Hall–Kier alpha value is -4.50. The lowest BCUT2D eigenvalue weighted by Crippen LogP contribution is -2.59. The molecule has 0 saturated carbocycles. The van der Waals surface area contributed by atoms with Crippen LogP contribution >= 0.6 is 0 Å². The number of aliphatic hydroxyl groups excluding tert-OH is 1. The quantitative estimate of drug-likeness (QED) is 0.119. The van der Waals surface area contributed by atoms with E-state index in [-0.39, 0.29) is 6.42 Å². The number of aliphatic carboxylic acids is 1. The number of aromatic nitrogens is 1. The Morgan fingerprint density at radius 3 is 1.97 bits per heavy atom. The number of fused-ring (bicyclic) bond motifs is 1. The summed E-state index contributed by atoms with van der Waals surface area (Å²) in [6, 6.07) is 1.27. The molecular formula is C22H29N7O8. The van der Waals surface area contributed by atoms with E-state index in [0.29, 0.717) is 0 Å². The molecule has 200 valence electrons. The number of para-hydroxylation sites is 1. The van der Waals surface area contributed by atoms with Gasteiger partial charge < -0.3 is 48.3 Å². The van der Waals surface area contributed by atoms with Crippen molar-refractivity contribution >= 4 is 46.4 Å². The highest BCUT2D eigenvalue weighted by atomic mass is 16.4. The van der Waals surface area contributed by atoms with Crippen molar-refractivity contribution in [2.75, 3.05) is 6.61 Å². The number of amides is 5. The molecule has 1 aromatic carbocycles. The third kappa shape index (κ3) is 8.29. The first-order valence-electron chi connectivity index (χ1n) is 11.0. The molecule has 5 amide bonds. The van der Waals surface area contributed by atoms with Crippen LogP contribution in [0.15, 0.2) is 30.5 Å². The zero-order chi connectivity index (χ0) is 27.7. The minimum Gasteiger partial charge on any atom is -0.480 e. The number of primary amides is 2. The first-order chi connectivity index (χ1) is 17.4. The highest BCUT2D eigenvalue weighted by molar-refractivity contribution is 5.97. The lowest BCUT2D eigenvalue weighted by Gasteiger charge is -2.23. The minimum absolute atomic E-state index is 0.0961. The number of nitrogens with two attached hydrogens (primary N) is 3. The molecule has 0 radical (unpaired) electrons. The van der Waals surface area contributed by atoms with Gasteiger partial charge in [-0.25, -0.2) is 4.79 Å². The summed E-state index contributed by atoms with van der Waals surface area (Å²) in [5.41, 5.74) is 17.7. The second-order valence-corrected chi connectivity index (χ2v) is 8.22. The van der Waals surface area contributed by atoms with Crippen molar-refractivity contribution in [1.82, 2.24) is 20.9 Å². The average Bonchev–Trinajstić information content (AvgIpc) is 3.23. The Morgan fingerprint density at radius 2 is 1.38 bits per heavy atom. The van der Waals surface area contributed by atoms with E-state index in [0.717, 1.165) is 16.5 Å². The van der Waals surface area contributed by atoms with Gasteiger partial charge in [0.1, 0.15) is 18.1 Å². The molecule has 12 N–H and O–H groups in total. The van der Waals surface area contributed by atoms with Gasteiger partial charge >= 0.3 is 5.97 Å². The summed E-state index contributed by atoms with van der Waals surface area (Å²) in [7, 11) is 0. The van der Waals surface area contributed by atoms with E-state index in [1.165, 1.54) is 0 Å². The summed E-state index contributed by atoms with van der Waals surface area (Å²) >= 11 is 0. The van der Waals surface area contributed by atoms with Crippen molar-refractivity contribution in [3.8, 4) is 0 Å². The minimum atomic E-state index is -1.71. The molecule has 0 aliphatic heterocycles. The SMILES string of the molecule is NC(=O)CC(NC(=O)C(CO)NC(=O)C(CC(N)=O)NC(=O)C(N)Cc1c[nH]c2ccccc12)C(=O)O. The summed E-state index contributed by atoms with van der Waals surface area (Å²) < 4.78 is 0. The highest BCUT2D eigenvalue weighted by Gasteiger charge is 2.31. The number of rotatable bonds is 14. The Morgan fingerprint density at radius 1 is 0.838 bits per heavy atom. The van der Waals surface area contributed by atoms with E-state index < -0.39 is 79.1 Å². The second-order valence-electron chi connectivity index (χ2n) is 8.22. The summed E-state index contributed by atoms with van der Waals surface area (Å²) in [6.45, 7) is -0.974. The largest absolute Gasteiger partial charge is 0.480 e. The number of hydrogen-bond acceptors (Lipinski definition) is 8. The standard InChI is InChI=1S/C22H29N7O8/c23-12(5-10-8-26-13-4-2-1-3-11(10)13)19(33)27-14(6-17(24)31)20(34)29-16(9-30)21(35)28-15(22(36)37)7-18(25)32/h1-4,8,12,14-16,26,30H,5-7,9,23H2,(H2,24,31)(H2,25,32)(H,27,33)(H,28,35)(H,29,34)(H,36,37). The maximum absolute atomic E-state index is 12.7. The zero-order valence-electron chi connectivity index (χ0n) is 19.6. The van der Waals surface area contributed by atoms with Crippen LogP contribution in [-0.4, -0.2) is 81.5 Å². The van der Waals surface area contributed by atoms with Crippen LogP contribution in [0.1, 0.15) is 18.4 Å². The van der Waals surface area contributed by atoms with Crippen LogP contribution in [0.4, 0.5) is 0 Å². The molecule has 4 atom stereocenters. The average molecular weight is 520 g/mol. The number of benzene rings is 1. The molecule has 2 rings (SSSR count). The number of aromatic amines is 1. The van der Waals surface area contributed by atoms with E-state index in [1.54, 1.807) is 6.20 Å². The number of carbonyl (C=O) groups excluding carboxylic acids is 5. The highest BCUT2D eigenvalue weighted by Crippen LogP contribution is 2.18. The topological polar surface area (TPSA) is 273 Å². The van der Waals surface area contributed by atoms with Crippen molar-refractivity contribution in [2.24, 2.45) is 17.2 Å². The number of carboxylic acids is 1. The van der Waals surface area contributed by atoms with E-state index in [2.05, 4.69) is 15.6 Å². The maximum atomic E-state index is 12.7. The van der Waals surface area contributed by atoms with Gasteiger partial charge in [-0.15, -0.1) is 0 Å². The van der Waals surface area contributed by atoms with E-state index in [4.69, 9.17) is 22.3 Å². The van der Waals surface area contributed by atoms with Crippen molar-refractivity contribution in [2.45, 2.75) is 43.4 Å². The van der Waals surface area contributed by atoms with Crippen molar-refractivity contribution in [3.63, 3.8) is 0 Å². The lowest BCUT2D eigenvalue weighted by molar-refractivity contribution is -0.144. The lowest BCUT2D eigenvalue weighted by atomic mass is 10.0. The molecule has 37 heavy (non-hydrogen) atoms. The van der Waals surface area contributed by atoms with Gasteiger partial charge in [0.2, 0.25) is 29.5 Å². The van der Waals surface area contributed by atoms with Crippen LogP contribution < -0.4 is 33.2 Å². The Kier molecular flexibility index (Phi) is 10.1. The zero-order valence-corrected chi connectivity index (χ0v) is 19.6. The molecule has 0 aliphatic rings. The molecule has 0 spiro atoms. The van der Waals surface area contributed by atoms with Crippen LogP contribution in [0.2, 0.25) is 0 Å². The summed E-state index contributed by atoms with van der Waals surface area (Å²) in [6.07, 6.45) is 0.399. The molecule has 15 nitrogen and oxygen atoms in total. The molecule has 0 saturated heterocycles. The summed E-state index contributed by atoms with van der Waals surface area (Å²) in [5, 5.41) is 25.9. The van der Waals surface area contributed by atoms with E-state index >= 15 is 0 Å². The Bertz CT molecular complexity index is 1180. The van der Waals surface area contributed by atoms with Crippen LogP contribution in [-0.2, 0) is 35.2 Å². The van der Waals surface area contributed by atoms with Crippen molar-refractivity contribution < 1.29 is 39.0 Å². The summed E-state index contributed by atoms with van der Waals surface area (Å²) in [5.74, 6) is -6.54. The van der Waals surface area contributed by atoms with Gasteiger partial charge in [0, 0.05) is 17.1 Å². The smallest absolute Gasteiger partial charge is 0.326 e. The molecule has 0 bridgehead atoms. The van der Waals surface area contributed by atoms with Gasteiger partial charge in [-0.3, -0.25) is 24.0 Å². The fraction of sp³-hybridized carbons (Fsp3) is 0.364. The van der Waals surface area contributed by atoms with Gasteiger partial charge in [0.25, 0.3) is 0 Å². The third-order valence-corrected chi connectivity index (χ3v) is 5.33. The molecular weight excluding hydrogens is 490 g/mol. The van der Waals surface area contributed by atoms with Crippen LogP contribution in [0.5, 0.6) is 0 Å². The number of aliphatic hydroxyl groups is 1. The monoisotopic (exact) mass is 519 g/mol. The molecule has 15 heteroatoms. The maximum Gasteiger partial charge on any atom is 0.326 e. The first-order valence-corrected chi connectivity index (χ1v) is 11.0. The number of carboxylic acid groups (broad SMARTS) is 1. The number of carbonyl (C=O) groups is 6. The molecule has 0 aliphatic carbocycles. The van der Waals surface area contributed by atoms with Crippen LogP contribution in [0.3, 0.4) is 0 Å². The van der Waals surface area contributed by atoms with E-state index in [1.807, 2.05) is 29.6 Å². The van der Waals surface area contributed by atoms with Gasteiger partial charge in [0.15, 0.2) is 0 Å². The van der Waals surface area contributed by atoms with Crippen molar-refractivity contribution in [1.29, 1.82) is 0 Å². The van der Waals surface area contributed by atoms with Crippen LogP contribution in [0.25, 0.3) is 10.9 Å². The van der Waals surface area contributed by atoms with Crippen LogP contribution in [0, 0.1) is 0 Å². The van der Waals surface area contributed by atoms with Gasteiger partial charge in [-0.2, -0.15) is 0 Å². The fourth-order valence-electron chi connectivity index (χ4n) is 3.46. The molecule has 1 aromatic heterocycles. The first kappa shape index (κ1) is 28.7. The van der Waals surface area contributed by atoms with Gasteiger partial charge in [0.05, 0.1) is 25.5 Å².